The molecule has 3 atom stereocenters. The van der Waals surface area contributed by atoms with Crippen molar-refractivity contribution in [3.05, 3.63) is 29.3 Å². The van der Waals surface area contributed by atoms with Gasteiger partial charge in [-0.1, -0.05) is 86.8 Å². The zero-order chi connectivity index (χ0) is 27.7. The predicted octanol–water partition coefficient (Wildman–Crippen LogP) is 7.40. The first-order chi connectivity index (χ1) is 17.5. The van der Waals surface area contributed by atoms with E-state index in [0.717, 1.165) is 68.9 Å². The number of benzene rings is 1. The van der Waals surface area contributed by atoms with Crippen LogP contribution in [0.1, 0.15) is 115 Å². The van der Waals surface area contributed by atoms with E-state index in [2.05, 4.69) is 12.2 Å². The molecule has 1 rings (SSSR count). The Morgan fingerprint density at radius 3 is 2.03 bits per heavy atom. The maximum Gasteiger partial charge on any atom is 0.285 e. The van der Waals surface area contributed by atoms with Crippen LogP contribution in [0.5, 0.6) is 0 Å². The summed E-state index contributed by atoms with van der Waals surface area (Å²) in [4.78, 5) is 12.5. The van der Waals surface area contributed by atoms with E-state index in [-0.39, 0.29) is 17.7 Å². The van der Waals surface area contributed by atoms with Crippen LogP contribution >= 0.6 is 9.24 Å². The van der Waals surface area contributed by atoms with E-state index in [4.69, 9.17) is 5.26 Å². The van der Waals surface area contributed by atoms with Gasteiger partial charge in [-0.25, -0.2) is 0 Å². The van der Waals surface area contributed by atoms with Gasteiger partial charge in [0.15, 0.2) is 0 Å². The van der Waals surface area contributed by atoms with Crippen molar-refractivity contribution in [3.63, 3.8) is 0 Å². The number of amides is 1. The number of carbonyl (C=O) groups is 1. The third-order valence-corrected chi connectivity index (χ3v) is 8.31. The van der Waals surface area contributed by atoms with Crippen LogP contribution in [0.15, 0.2) is 18.2 Å². The van der Waals surface area contributed by atoms with Gasteiger partial charge in [-0.15, -0.1) is 0 Å². The summed E-state index contributed by atoms with van der Waals surface area (Å²) in [6, 6.07) is 5.38. The Bertz CT molecular complexity index is 885. The van der Waals surface area contributed by atoms with Crippen LogP contribution in [0.2, 0.25) is 0 Å². The molecule has 0 aliphatic carbocycles. The lowest BCUT2D eigenvalue weighted by molar-refractivity contribution is -0.133. The number of hydrogen-bond donors (Lipinski definition) is 2. The Kier molecular flexibility index (Phi) is 16.3. The average Bonchev–Trinajstić information content (AvgIpc) is 2.84. The molecule has 0 saturated heterocycles. The van der Waals surface area contributed by atoms with Crippen molar-refractivity contribution in [1.82, 2.24) is 0 Å². The van der Waals surface area contributed by atoms with Crippen molar-refractivity contribution in [1.29, 1.82) is 5.26 Å². The maximum absolute atomic E-state index is 13.8. The largest absolute Gasteiger partial charge is 0.380 e. The Labute approximate surface area is 226 Å². The molecule has 0 saturated carbocycles. The maximum atomic E-state index is 13.8. The van der Waals surface area contributed by atoms with Gasteiger partial charge in [0.2, 0.25) is 0 Å². The minimum Gasteiger partial charge on any atom is -0.380 e. The number of unbranched alkanes of at least 4 members (excludes halogenated alkanes) is 11. The summed E-state index contributed by atoms with van der Waals surface area (Å²) in [6.45, 7) is 3.62. The van der Waals surface area contributed by atoms with Crippen molar-refractivity contribution in [2.45, 2.75) is 115 Å². The molecule has 0 heterocycles. The molecule has 5 nitrogen and oxygen atoms in total. The van der Waals surface area contributed by atoms with Gasteiger partial charge in [0, 0.05) is 33.6 Å². The van der Waals surface area contributed by atoms with Crippen molar-refractivity contribution in [2.75, 3.05) is 16.8 Å². The number of nitrogens with zero attached hydrogens (tertiary/aromatic N) is 1. The third kappa shape index (κ3) is 14.3. The lowest BCUT2D eigenvalue weighted by Gasteiger charge is -2.23. The van der Waals surface area contributed by atoms with Crippen LogP contribution in [-0.4, -0.2) is 32.3 Å². The number of anilines is 1. The molecule has 0 radical (unpaired) electrons. The van der Waals surface area contributed by atoms with E-state index in [9.17, 15) is 22.9 Å². The van der Waals surface area contributed by atoms with Gasteiger partial charge in [0.25, 0.3) is 11.6 Å². The first-order valence-electron chi connectivity index (χ1n) is 13.6. The SMILES string of the molecule is CCCCCCCS(=O)CCCCCCCCCCC(C)(O)C(=O)Nc1ccc(C#N)c(C(F)(F)P)c1. The van der Waals surface area contributed by atoms with E-state index < -0.39 is 33.5 Å². The fourth-order valence-corrected chi connectivity index (χ4v) is 5.63. The number of aliphatic hydroxyl groups is 1. The summed E-state index contributed by atoms with van der Waals surface area (Å²) >= 11 is 0. The molecule has 0 bridgehead atoms. The number of nitrogens with one attached hydrogen (secondary N) is 1. The predicted molar refractivity (Wildman–Crippen MR) is 152 cm³/mol. The highest BCUT2D eigenvalue weighted by molar-refractivity contribution is 7.84. The van der Waals surface area contributed by atoms with Gasteiger partial charge < -0.3 is 10.4 Å². The van der Waals surface area contributed by atoms with Gasteiger partial charge in [-0.3, -0.25) is 9.00 Å². The van der Waals surface area contributed by atoms with Gasteiger partial charge in [-0.2, -0.15) is 14.0 Å². The topological polar surface area (TPSA) is 90.2 Å². The summed E-state index contributed by atoms with van der Waals surface area (Å²) in [7, 11) is 0.716. The van der Waals surface area contributed by atoms with E-state index in [1.54, 1.807) is 6.07 Å². The average molecular weight is 559 g/mol. The molecular formula is C28H45F2N2O3PS. The van der Waals surface area contributed by atoms with Crippen LogP contribution < -0.4 is 5.32 Å². The molecule has 0 spiro atoms. The molecule has 1 amide bonds. The quantitative estimate of drug-likeness (QED) is 0.129. The molecule has 1 aromatic rings. The highest BCUT2D eigenvalue weighted by Crippen LogP contribution is 2.38. The molecule has 210 valence electrons. The summed E-state index contributed by atoms with van der Waals surface area (Å²) in [5, 5.41) is 22.1. The fourth-order valence-electron chi connectivity index (χ4n) is 4.14. The Hall–Kier alpha value is -1.42. The minimum atomic E-state index is -3.30. The highest BCUT2D eigenvalue weighted by atomic mass is 32.2. The zero-order valence-corrected chi connectivity index (χ0v) is 24.5. The fraction of sp³-hybridized carbons (Fsp3) is 0.714. The van der Waals surface area contributed by atoms with Gasteiger partial charge in [0.1, 0.15) is 5.60 Å². The third-order valence-electron chi connectivity index (χ3n) is 6.51. The van der Waals surface area contributed by atoms with Crippen LogP contribution in [0, 0.1) is 11.3 Å². The first-order valence-corrected chi connectivity index (χ1v) is 15.7. The summed E-state index contributed by atoms with van der Waals surface area (Å²) < 4.78 is 39.5. The Balaban J connectivity index is 2.20. The van der Waals surface area contributed by atoms with Crippen molar-refractivity contribution in [2.24, 2.45) is 0 Å². The zero-order valence-electron chi connectivity index (χ0n) is 22.5. The molecule has 3 unspecified atom stereocenters. The normalized spacial score (nSPS) is 14.1. The van der Waals surface area contributed by atoms with E-state index in [1.165, 1.54) is 54.0 Å². The van der Waals surface area contributed by atoms with Crippen LogP contribution in [-0.2, 0) is 21.3 Å². The summed E-state index contributed by atoms with van der Waals surface area (Å²) in [5.74, 6) is 0.996. The monoisotopic (exact) mass is 558 g/mol. The van der Waals surface area contributed by atoms with Crippen molar-refractivity contribution in [3.8, 4) is 6.07 Å². The number of nitriles is 1. The smallest absolute Gasteiger partial charge is 0.285 e. The second kappa shape index (κ2) is 18.0. The van der Waals surface area contributed by atoms with Gasteiger partial charge in [-0.05, 0) is 44.4 Å². The highest BCUT2D eigenvalue weighted by Gasteiger charge is 2.31. The van der Waals surface area contributed by atoms with Gasteiger partial charge >= 0.3 is 0 Å². The molecule has 2 N–H and O–H groups in total. The minimum absolute atomic E-state index is 0.109. The molecule has 9 heteroatoms. The Morgan fingerprint density at radius 1 is 1.00 bits per heavy atom. The molecular weight excluding hydrogens is 513 g/mol. The van der Waals surface area contributed by atoms with E-state index in [0.29, 0.717) is 6.42 Å². The van der Waals surface area contributed by atoms with Crippen LogP contribution in [0.3, 0.4) is 0 Å². The van der Waals surface area contributed by atoms with Crippen molar-refractivity contribution < 1.29 is 22.9 Å². The van der Waals surface area contributed by atoms with Crippen molar-refractivity contribution >= 4 is 31.6 Å². The summed E-state index contributed by atoms with van der Waals surface area (Å²) in [6.07, 6.45) is 14.4. The second-order valence-electron chi connectivity index (χ2n) is 10.1. The first kappa shape index (κ1) is 33.6. The molecule has 0 aromatic heterocycles. The number of carbonyl (C=O) groups excluding carboxylic acids is 1. The number of rotatable bonds is 20. The van der Waals surface area contributed by atoms with E-state index in [1.807, 2.05) is 0 Å². The molecule has 0 aliphatic heterocycles. The molecule has 37 heavy (non-hydrogen) atoms. The number of alkyl halides is 2. The molecule has 0 fully saturated rings. The standard InChI is InChI=1S/C28H45F2N2O3PS/c1-3-4-5-11-14-19-37(35)20-15-12-9-7-6-8-10-13-18-27(2,34)26(33)32-24-17-16-23(22-31)25(21-24)28(29,30)36/h16-17,21,34H,3-15,18-20,36H2,1-2H3,(H,32,33). The number of halogens is 2. The summed E-state index contributed by atoms with van der Waals surface area (Å²) in [5.41, 5.74) is -5.49. The Morgan fingerprint density at radius 2 is 1.51 bits per heavy atom. The lowest BCUT2D eigenvalue weighted by atomic mass is 9.96. The second-order valence-corrected chi connectivity index (χ2v) is 12.5. The molecule has 0 aliphatic rings. The van der Waals surface area contributed by atoms with E-state index >= 15 is 0 Å². The van der Waals surface area contributed by atoms with Crippen LogP contribution in [0.25, 0.3) is 0 Å². The molecule has 1 aromatic carbocycles. The van der Waals surface area contributed by atoms with Gasteiger partial charge in [0.05, 0.1) is 11.6 Å². The van der Waals surface area contributed by atoms with Crippen LogP contribution in [0.4, 0.5) is 14.5 Å². The number of hydrogen-bond acceptors (Lipinski definition) is 4. The lowest BCUT2D eigenvalue weighted by Crippen LogP contribution is -2.40.